The van der Waals surface area contributed by atoms with Crippen LogP contribution in [0, 0.1) is 12.8 Å². The molecule has 2 aromatic heterocycles. The topological polar surface area (TPSA) is 78.6 Å². The van der Waals surface area contributed by atoms with Crippen LogP contribution in [0.5, 0.6) is 11.5 Å². The Hall–Kier alpha value is -4.00. The molecule has 0 saturated carbocycles. The zero-order valence-corrected chi connectivity index (χ0v) is 18.8. The molecule has 0 N–H and O–H groups in total. The number of hydrogen-bond donors (Lipinski definition) is 0. The van der Waals surface area contributed by atoms with Crippen molar-refractivity contribution in [2.24, 2.45) is 5.92 Å². The molecule has 1 aliphatic rings. The second kappa shape index (κ2) is 8.50. The van der Waals surface area contributed by atoms with Gasteiger partial charge in [-0.3, -0.25) is 4.79 Å². The minimum Gasteiger partial charge on any atom is -0.493 e. The van der Waals surface area contributed by atoms with Crippen molar-refractivity contribution in [2.75, 3.05) is 14.2 Å². The first-order valence-corrected chi connectivity index (χ1v) is 10.8. The molecule has 166 valence electrons. The summed E-state index contributed by atoms with van der Waals surface area (Å²) in [5.41, 5.74) is 5.51. The predicted molar refractivity (Wildman–Crippen MR) is 126 cm³/mol. The van der Waals surface area contributed by atoms with Gasteiger partial charge in [0.2, 0.25) is 0 Å². The lowest BCUT2D eigenvalue weighted by Gasteiger charge is -2.20. The van der Waals surface area contributed by atoms with E-state index in [1.807, 2.05) is 55.5 Å². The van der Waals surface area contributed by atoms with E-state index >= 15 is 0 Å². The average Bonchev–Trinajstić information content (AvgIpc) is 3.19. The molecule has 1 unspecified atom stereocenters. The largest absolute Gasteiger partial charge is 0.493 e. The van der Waals surface area contributed by atoms with Gasteiger partial charge < -0.3 is 9.47 Å². The van der Waals surface area contributed by atoms with E-state index in [-0.39, 0.29) is 11.7 Å². The van der Waals surface area contributed by atoms with Crippen molar-refractivity contribution in [3.05, 3.63) is 77.3 Å². The normalized spacial score (nSPS) is 15.7. The van der Waals surface area contributed by atoms with E-state index in [4.69, 9.17) is 14.6 Å². The van der Waals surface area contributed by atoms with Crippen molar-refractivity contribution < 1.29 is 14.3 Å². The molecule has 7 heteroatoms. The molecule has 0 saturated heterocycles. The predicted octanol–water partition coefficient (Wildman–Crippen LogP) is 4.58. The van der Waals surface area contributed by atoms with Crippen LogP contribution in [0.15, 0.2) is 54.6 Å². The van der Waals surface area contributed by atoms with Gasteiger partial charge in [0.1, 0.15) is 0 Å². The molecular formula is C26H24N4O3. The minimum absolute atomic E-state index is 0.00539. The van der Waals surface area contributed by atoms with Crippen molar-refractivity contribution in [2.45, 2.75) is 19.8 Å². The fourth-order valence-electron chi connectivity index (χ4n) is 4.38. The summed E-state index contributed by atoms with van der Waals surface area (Å²) in [4.78, 5) is 12.9. The van der Waals surface area contributed by atoms with Gasteiger partial charge >= 0.3 is 0 Å². The lowest BCUT2D eigenvalue weighted by atomic mass is 9.88. The number of ether oxygens (including phenoxy) is 2. The van der Waals surface area contributed by atoms with Crippen LogP contribution in [0.25, 0.3) is 22.9 Å². The van der Waals surface area contributed by atoms with Crippen LogP contribution in [-0.2, 0) is 6.42 Å². The molecule has 33 heavy (non-hydrogen) atoms. The Labute approximate surface area is 191 Å². The highest BCUT2D eigenvalue weighted by atomic mass is 16.5. The second-order valence-corrected chi connectivity index (χ2v) is 8.12. The van der Waals surface area contributed by atoms with Crippen molar-refractivity contribution in [1.29, 1.82) is 0 Å². The van der Waals surface area contributed by atoms with Gasteiger partial charge in [0.25, 0.3) is 0 Å². The first kappa shape index (κ1) is 20.9. The summed E-state index contributed by atoms with van der Waals surface area (Å²) in [7, 11) is 3.21. The van der Waals surface area contributed by atoms with Crippen LogP contribution in [-0.4, -0.2) is 39.8 Å². The Balaban J connectivity index is 1.56. The summed E-state index contributed by atoms with van der Waals surface area (Å²) in [6, 6.07) is 15.8. The summed E-state index contributed by atoms with van der Waals surface area (Å²) in [6.07, 6.45) is 5.26. The third-order valence-electron chi connectivity index (χ3n) is 6.01. The van der Waals surface area contributed by atoms with Crippen LogP contribution in [0.3, 0.4) is 0 Å². The number of aryl methyl sites for hydroxylation is 1. The lowest BCUT2D eigenvalue weighted by Crippen LogP contribution is -2.24. The van der Waals surface area contributed by atoms with Crippen LogP contribution in [0.2, 0.25) is 0 Å². The molecule has 5 rings (SSSR count). The van der Waals surface area contributed by atoms with Gasteiger partial charge in [-0.2, -0.15) is 5.10 Å². The monoisotopic (exact) mass is 440 g/mol. The number of benzene rings is 2. The fourth-order valence-corrected chi connectivity index (χ4v) is 4.38. The zero-order valence-electron chi connectivity index (χ0n) is 18.8. The van der Waals surface area contributed by atoms with Gasteiger partial charge in [0.15, 0.2) is 28.6 Å². The van der Waals surface area contributed by atoms with E-state index in [2.05, 4.69) is 22.3 Å². The average molecular weight is 441 g/mol. The smallest absolute Gasteiger partial charge is 0.185 e. The number of aromatic nitrogens is 4. The van der Waals surface area contributed by atoms with Gasteiger partial charge in [-0.15, -0.1) is 10.2 Å². The molecule has 0 spiro atoms. The van der Waals surface area contributed by atoms with Crippen molar-refractivity contribution in [3.8, 4) is 22.6 Å². The Morgan fingerprint density at radius 2 is 1.79 bits per heavy atom. The number of nitrogens with zero attached hydrogens (tertiary/aromatic N) is 4. The summed E-state index contributed by atoms with van der Waals surface area (Å²) in [6.45, 7) is 1.94. The van der Waals surface area contributed by atoms with Crippen LogP contribution < -0.4 is 9.47 Å². The molecule has 0 aliphatic heterocycles. The third-order valence-corrected chi connectivity index (χ3v) is 6.01. The molecule has 2 heterocycles. The Bertz CT molecular complexity index is 1380. The molecule has 0 amide bonds. The van der Waals surface area contributed by atoms with Crippen LogP contribution in [0.4, 0.5) is 0 Å². The molecule has 0 radical (unpaired) electrons. The Morgan fingerprint density at radius 1 is 1.00 bits per heavy atom. The molecule has 4 aromatic rings. The number of ketones is 1. The van der Waals surface area contributed by atoms with Crippen molar-refractivity contribution in [3.63, 3.8) is 0 Å². The molecule has 1 atom stereocenters. The molecule has 2 aromatic carbocycles. The third kappa shape index (κ3) is 3.75. The standard InChI is InChI=1S/C26H24N4O3/c1-16-24(19-11-12-22(32-2)23(15-19)33-3)26-28-27-25-20(30(26)29-16)13-18(14-21(25)31)10-9-17-7-5-4-6-8-17/h4-12,15,18H,13-14H2,1-3H3/b10-9+. The van der Waals surface area contributed by atoms with E-state index in [0.29, 0.717) is 35.7 Å². The quantitative estimate of drug-likeness (QED) is 0.452. The number of allylic oxidation sites excluding steroid dienone is 1. The highest BCUT2D eigenvalue weighted by Crippen LogP contribution is 2.36. The molecule has 1 aliphatic carbocycles. The van der Waals surface area contributed by atoms with Crippen LogP contribution >= 0.6 is 0 Å². The zero-order chi connectivity index (χ0) is 22.9. The first-order valence-electron chi connectivity index (χ1n) is 10.8. The minimum atomic E-state index is -0.00539. The van der Waals surface area contributed by atoms with Gasteiger partial charge in [0, 0.05) is 6.42 Å². The summed E-state index contributed by atoms with van der Waals surface area (Å²) in [5.74, 6) is 1.35. The van der Waals surface area contributed by atoms with E-state index in [0.717, 1.165) is 28.1 Å². The molecule has 0 bridgehead atoms. The fraction of sp³-hybridized carbons (Fsp3) is 0.231. The summed E-state index contributed by atoms with van der Waals surface area (Å²) < 4.78 is 12.6. The maximum absolute atomic E-state index is 12.9. The van der Waals surface area contributed by atoms with E-state index in [1.54, 1.807) is 18.7 Å². The Morgan fingerprint density at radius 3 is 2.55 bits per heavy atom. The lowest BCUT2D eigenvalue weighted by molar-refractivity contribution is 0.0950. The van der Waals surface area contributed by atoms with Crippen molar-refractivity contribution >= 4 is 17.5 Å². The molecule has 0 fully saturated rings. The van der Waals surface area contributed by atoms with Gasteiger partial charge in [-0.05, 0) is 42.5 Å². The number of rotatable bonds is 5. The summed E-state index contributed by atoms with van der Waals surface area (Å²) >= 11 is 0. The SMILES string of the molecule is COc1ccc(-c2c(C)nn3c4c(nnc23)C(=O)CC(/C=C/c2ccccc2)C4)cc1OC. The summed E-state index contributed by atoms with van der Waals surface area (Å²) in [5, 5.41) is 13.5. The highest BCUT2D eigenvalue weighted by Gasteiger charge is 2.29. The number of carbonyl (C=O) groups is 1. The first-order chi connectivity index (χ1) is 16.1. The highest BCUT2D eigenvalue weighted by molar-refractivity contribution is 5.97. The number of hydrogen-bond acceptors (Lipinski definition) is 6. The second-order valence-electron chi connectivity index (χ2n) is 8.12. The number of Topliss-reactive ketones (excluding diaryl/α,β-unsaturated/α-hetero) is 1. The van der Waals surface area contributed by atoms with E-state index in [1.165, 1.54) is 0 Å². The maximum Gasteiger partial charge on any atom is 0.185 e. The van der Waals surface area contributed by atoms with Crippen LogP contribution in [0.1, 0.15) is 33.9 Å². The van der Waals surface area contributed by atoms with Gasteiger partial charge in [-0.1, -0.05) is 48.6 Å². The molecular weight excluding hydrogens is 416 g/mol. The Kier molecular flexibility index (Phi) is 5.38. The number of carbonyl (C=O) groups excluding carboxylic acids is 1. The molecule has 7 nitrogen and oxygen atoms in total. The van der Waals surface area contributed by atoms with Crippen molar-refractivity contribution in [1.82, 2.24) is 19.8 Å². The maximum atomic E-state index is 12.9. The van der Waals surface area contributed by atoms with E-state index < -0.39 is 0 Å². The number of methoxy groups -OCH3 is 2. The van der Waals surface area contributed by atoms with Gasteiger partial charge in [0.05, 0.1) is 31.2 Å². The van der Waals surface area contributed by atoms with E-state index in [9.17, 15) is 4.79 Å². The number of fused-ring (bicyclic) bond motifs is 3. The van der Waals surface area contributed by atoms with Gasteiger partial charge in [-0.25, -0.2) is 4.52 Å².